The zero-order valence-electron chi connectivity index (χ0n) is 15.9. The lowest BCUT2D eigenvalue weighted by Gasteiger charge is -2.28. The van der Waals surface area contributed by atoms with E-state index in [9.17, 15) is 9.59 Å². The standard InChI is InChI=1S/C18H28N2O5.ClH/c1-5-24-17(21)15-12(2)16(14(4)19-13(15)3)18(22)25-11-8-20-6-9-23-10-7-20;/h12,19H,5-11H2,1-4H3;1H. The number of allylic oxidation sites excluding steroid dienone is 2. The molecule has 1 N–H and O–H groups in total. The maximum Gasteiger partial charge on any atom is 0.336 e. The van der Waals surface area contributed by atoms with Crippen molar-refractivity contribution in [2.24, 2.45) is 5.92 Å². The molecule has 26 heavy (non-hydrogen) atoms. The van der Waals surface area contributed by atoms with Gasteiger partial charge in [-0.15, -0.1) is 12.4 Å². The molecule has 0 aromatic rings. The second kappa shape index (κ2) is 10.5. The van der Waals surface area contributed by atoms with Crippen LogP contribution in [0.1, 0.15) is 27.7 Å². The van der Waals surface area contributed by atoms with Gasteiger partial charge in [0.25, 0.3) is 0 Å². The number of nitrogens with zero attached hydrogens (tertiary/aromatic N) is 1. The van der Waals surface area contributed by atoms with Crippen LogP contribution in [0.15, 0.2) is 22.5 Å². The van der Waals surface area contributed by atoms with Gasteiger partial charge >= 0.3 is 11.9 Å². The van der Waals surface area contributed by atoms with Gasteiger partial charge in [-0.05, 0) is 20.8 Å². The van der Waals surface area contributed by atoms with Crippen molar-refractivity contribution in [1.29, 1.82) is 0 Å². The highest BCUT2D eigenvalue weighted by atomic mass is 35.5. The first-order chi connectivity index (χ1) is 12.0. The summed E-state index contributed by atoms with van der Waals surface area (Å²) in [6.45, 7) is 11.7. The molecule has 0 aromatic carbocycles. The highest BCUT2D eigenvalue weighted by Crippen LogP contribution is 2.30. The fourth-order valence-electron chi connectivity index (χ4n) is 3.25. The highest BCUT2D eigenvalue weighted by Gasteiger charge is 2.33. The van der Waals surface area contributed by atoms with E-state index in [4.69, 9.17) is 14.2 Å². The zero-order chi connectivity index (χ0) is 18.4. The topological polar surface area (TPSA) is 77.1 Å². The Bertz CT molecular complexity index is 582. The van der Waals surface area contributed by atoms with Gasteiger partial charge in [0.2, 0.25) is 0 Å². The molecule has 7 nitrogen and oxygen atoms in total. The van der Waals surface area contributed by atoms with Gasteiger partial charge in [-0.25, -0.2) is 9.59 Å². The minimum atomic E-state index is -0.397. The van der Waals surface area contributed by atoms with Crippen LogP contribution in [0.25, 0.3) is 0 Å². The van der Waals surface area contributed by atoms with Crippen LogP contribution < -0.4 is 5.32 Å². The Labute approximate surface area is 161 Å². The summed E-state index contributed by atoms with van der Waals surface area (Å²) in [7, 11) is 0. The van der Waals surface area contributed by atoms with Crippen LogP contribution in [0.5, 0.6) is 0 Å². The third kappa shape index (κ3) is 5.46. The van der Waals surface area contributed by atoms with Crippen LogP contribution in [0.2, 0.25) is 0 Å². The molecule has 0 aromatic heterocycles. The molecular formula is C18H29ClN2O5. The minimum absolute atomic E-state index is 0. The second-order valence-electron chi connectivity index (χ2n) is 6.23. The Kier molecular flexibility index (Phi) is 9.12. The largest absolute Gasteiger partial charge is 0.463 e. The van der Waals surface area contributed by atoms with Crippen LogP contribution in [-0.4, -0.2) is 62.9 Å². The van der Waals surface area contributed by atoms with Gasteiger partial charge in [0, 0.05) is 36.9 Å². The van der Waals surface area contributed by atoms with Gasteiger partial charge in [-0.2, -0.15) is 0 Å². The van der Waals surface area contributed by atoms with Crippen molar-refractivity contribution in [1.82, 2.24) is 10.2 Å². The molecule has 1 fully saturated rings. The fourth-order valence-corrected chi connectivity index (χ4v) is 3.25. The first kappa shape index (κ1) is 22.5. The third-order valence-corrected chi connectivity index (χ3v) is 4.51. The van der Waals surface area contributed by atoms with E-state index in [1.54, 1.807) is 6.92 Å². The zero-order valence-corrected chi connectivity index (χ0v) is 16.7. The second-order valence-corrected chi connectivity index (χ2v) is 6.23. The molecule has 1 atom stereocenters. The number of ether oxygens (including phenoxy) is 3. The number of carbonyl (C=O) groups is 2. The third-order valence-electron chi connectivity index (χ3n) is 4.51. The van der Waals surface area contributed by atoms with Crippen molar-refractivity contribution in [3.05, 3.63) is 22.5 Å². The van der Waals surface area contributed by atoms with Crippen molar-refractivity contribution in [3.63, 3.8) is 0 Å². The summed E-state index contributed by atoms with van der Waals surface area (Å²) < 4.78 is 15.9. The van der Waals surface area contributed by atoms with Crippen molar-refractivity contribution in [2.45, 2.75) is 27.7 Å². The van der Waals surface area contributed by atoms with Crippen LogP contribution in [0.3, 0.4) is 0 Å². The van der Waals surface area contributed by atoms with Crippen molar-refractivity contribution in [3.8, 4) is 0 Å². The van der Waals surface area contributed by atoms with Crippen molar-refractivity contribution >= 4 is 24.3 Å². The van der Waals surface area contributed by atoms with E-state index in [0.717, 1.165) is 18.8 Å². The Morgan fingerprint density at radius 3 is 2.19 bits per heavy atom. The van der Waals surface area contributed by atoms with Crippen LogP contribution in [0, 0.1) is 5.92 Å². The molecule has 2 rings (SSSR count). The normalized spacial score (nSPS) is 21.0. The van der Waals surface area contributed by atoms with Gasteiger partial charge in [0.05, 0.1) is 31.0 Å². The number of dihydropyridines is 1. The molecule has 2 aliphatic rings. The summed E-state index contributed by atoms with van der Waals surface area (Å²) in [5.74, 6) is -1.15. The van der Waals surface area contributed by atoms with E-state index in [1.165, 1.54) is 0 Å². The molecule has 1 unspecified atom stereocenters. The van der Waals surface area contributed by atoms with Gasteiger partial charge < -0.3 is 19.5 Å². The molecule has 0 aliphatic carbocycles. The SMILES string of the molecule is CCOC(=O)C1=C(C)NC(C)=C(C(=O)OCCN2CCOCC2)C1C.Cl. The average molecular weight is 389 g/mol. The molecule has 2 heterocycles. The smallest absolute Gasteiger partial charge is 0.336 e. The summed E-state index contributed by atoms with van der Waals surface area (Å²) >= 11 is 0. The number of carbonyl (C=O) groups excluding carboxylic acids is 2. The molecule has 2 aliphatic heterocycles. The highest BCUT2D eigenvalue weighted by molar-refractivity contribution is 5.97. The molecule has 0 amide bonds. The van der Waals surface area contributed by atoms with Gasteiger partial charge in [-0.1, -0.05) is 6.92 Å². The number of rotatable bonds is 6. The Hall–Kier alpha value is -1.57. The van der Waals surface area contributed by atoms with E-state index < -0.39 is 5.97 Å². The molecule has 0 saturated carbocycles. The first-order valence-electron chi connectivity index (χ1n) is 8.78. The number of halogens is 1. The maximum atomic E-state index is 12.6. The van der Waals surface area contributed by atoms with Crippen LogP contribution in [0.4, 0.5) is 0 Å². The van der Waals surface area contributed by atoms with E-state index in [1.807, 2.05) is 20.8 Å². The number of esters is 2. The lowest BCUT2D eigenvalue weighted by atomic mass is 9.87. The average Bonchev–Trinajstić information content (AvgIpc) is 2.55. The predicted octanol–water partition coefficient (Wildman–Crippen LogP) is 1.63. The summed E-state index contributed by atoms with van der Waals surface area (Å²) in [5.41, 5.74) is 2.39. The molecular weight excluding hydrogens is 360 g/mol. The molecule has 0 radical (unpaired) electrons. The molecule has 1 saturated heterocycles. The summed E-state index contributed by atoms with van der Waals surface area (Å²) in [6, 6.07) is 0. The molecule has 0 bridgehead atoms. The lowest BCUT2D eigenvalue weighted by Crippen LogP contribution is -2.39. The number of nitrogens with one attached hydrogen (secondary N) is 1. The minimum Gasteiger partial charge on any atom is -0.463 e. The van der Waals surface area contributed by atoms with E-state index >= 15 is 0 Å². The van der Waals surface area contributed by atoms with Gasteiger partial charge in [-0.3, -0.25) is 4.90 Å². The van der Waals surface area contributed by atoms with E-state index in [2.05, 4.69) is 10.2 Å². The summed E-state index contributed by atoms with van der Waals surface area (Å²) in [4.78, 5) is 27.0. The number of morpholine rings is 1. The lowest BCUT2D eigenvalue weighted by molar-refractivity contribution is -0.140. The van der Waals surface area contributed by atoms with Gasteiger partial charge in [0.1, 0.15) is 6.61 Å². The number of hydrogen-bond acceptors (Lipinski definition) is 7. The Morgan fingerprint density at radius 2 is 1.65 bits per heavy atom. The van der Waals surface area contributed by atoms with Crippen LogP contribution in [-0.2, 0) is 23.8 Å². The predicted molar refractivity (Wildman–Crippen MR) is 99.8 cm³/mol. The Morgan fingerprint density at radius 1 is 1.12 bits per heavy atom. The summed E-state index contributed by atoms with van der Waals surface area (Å²) in [6.07, 6.45) is 0. The first-order valence-corrected chi connectivity index (χ1v) is 8.78. The molecule has 148 valence electrons. The molecule has 0 spiro atoms. The van der Waals surface area contributed by atoms with Crippen molar-refractivity contribution in [2.75, 3.05) is 46.1 Å². The monoisotopic (exact) mass is 388 g/mol. The van der Waals surface area contributed by atoms with Crippen molar-refractivity contribution < 1.29 is 23.8 Å². The van der Waals surface area contributed by atoms with E-state index in [0.29, 0.717) is 49.8 Å². The Balaban J connectivity index is 0.00000338. The quantitative estimate of drug-likeness (QED) is 0.693. The number of hydrogen-bond donors (Lipinski definition) is 1. The van der Waals surface area contributed by atoms with Gasteiger partial charge in [0.15, 0.2) is 0 Å². The van der Waals surface area contributed by atoms with E-state index in [-0.39, 0.29) is 24.3 Å². The summed E-state index contributed by atoms with van der Waals surface area (Å²) in [5, 5.41) is 3.10. The maximum absolute atomic E-state index is 12.6. The molecule has 8 heteroatoms. The van der Waals surface area contributed by atoms with Crippen LogP contribution >= 0.6 is 12.4 Å². The fraction of sp³-hybridized carbons (Fsp3) is 0.667.